The summed E-state index contributed by atoms with van der Waals surface area (Å²) in [6, 6.07) is 25.7. The van der Waals surface area contributed by atoms with Crippen molar-refractivity contribution in [2.24, 2.45) is 0 Å². The first kappa shape index (κ1) is 22.3. The van der Waals surface area contributed by atoms with Gasteiger partial charge in [0.1, 0.15) is 0 Å². The summed E-state index contributed by atoms with van der Waals surface area (Å²) in [5.41, 5.74) is 6.14. The van der Waals surface area contributed by atoms with Crippen LogP contribution in [0.4, 0.5) is 0 Å². The van der Waals surface area contributed by atoms with Crippen molar-refractivity contribution >= 4 is 34.5 Å². The lowest BCUT2D eigenvalue weighted by Gasteiger charge is -2.37. The van der Waals surface area contributed by atoms with E-state index in [0.717, 1.165) is 28.0 Å². The first-order chi connectivity index (χ1) is 16.5. The number of aryl methyl sites for hydroxylation is 1. The molecule has 1 N–H and O–H groups in total. The summed E-state index contributed by atoms with van der Waals surface area (Å²) in [6.45, 7) is 4.76. The SMILES string of the molecule is CC1=C(c2nc(-c3ccccc3)no2)C(c2ccc(Cl)cc2)NC(=S)N1Cc1ccc(C)cc1. The second-order valence-corrected chi connectivity index (χ2v) is 9.12. The minimum Gasteiger partial charge on any atom is -0.351 e. The predicted molar refractivity (Wildman–Crippen MR) is 139 cm³/mol. The molecule has 3 aromatic carbocycles. The van der Waals surface area contributed by atoms with Crippen LogP contribution in [0, 0.1) is 6.92 Å². The van der Waals surface area contributed by atoms with Crippen LogP contribution in [-0.2, 0) is 6.54 Å². The molecule has 7 heteroatoms. The summed E-state index contributed by atoms with van der Waals surface area (Å²) in [5, 5.41) is 9.06. The van der Waals surface area contributed by atoms with E-state index in [2.05, 4.69) is 46.6 Å². The minimum atomic E-state index is -0.247. The zero-order valence-electron chi connectivity index (χ0n) is 18.8. The Bertz CT molecular complexity index is 1350. The standard InChI is InChI=1S/C27H23ClN4OS/c1-17-8-10-19(11-9-17)16-32-18(2)23(24(29-27(32)34)20-12-14-22(28)15-13-20)26-30-25(31-33-26)21-6-4-3-5-7-21/h3-15,24H,16H2,1-2H3,(H,29,34). The molecule has 0 spiro atoms. The molecule has 1 aliphatic rings. The molecule has 1 atom stereocenters. The molecule has 4 aromatic rings. The van der Waals surface area contributed by atoms with E-state index in [1.165, 1.54) is 5.56 Å². The van der Waals surface area contributed by atoms with Crippen LogP contribution >= 0.6 is 23.8 Å². The number of nitrogens with zero attached hydrogens (tertiary/aromatic N) is 3. The molecule has 1 aliphatic heterocycles. The summed E-state index contributed by atoms with van der Waals surface area (Å²) in [4.78, 5) is 6.83. The molecule has 0 saturated heterocycles. The molecule has 1 aromatic heterocycles. The summed E-state index contributed by atoms with van der Waals surface area (Å²) >= 11 is 12.0. The van der Waals surface area contributed by atoms with Gasteiger partial charge in [0.25, 0.3) is 5.89 Å². The van der Waals surface area contributed by atoms with Gasteiger partial charge in [0, 0.05) is 22.8 Å². The van der Waals surface area contributed by atoms with Crippen LogP contribution < -0.4 is 5.32 Å². The molecule has 0 radical (unpaired) electrons. The van der Waals surface area contributed by atoms with Gasteiger partial charge < -0.3 is 14.7 Å². The Morgan fingerprint density at radius 1 is 0.971 bits per heavy atom. The maximum Gasteiger partial charge on any atom is 0.258 e. The zero-order valence-corrected chi connectivity index (χ0v) is 20.4. The summed E-state index contributed by atoms with van der Waals surface area (Å²) in [6.07, 6.45) is 0. The van der Waals surface area contributed by atoms with Gasteiger partial charge >= 0.3 is 0 Å². The van der Waals surface area contributed by atoms with Crippen molar-refractivity contribution in [3.63, 3.8) is 0 Å². The highest BCUT2D eigenvalue weighted by Crippen LogP contribution is 2.38. The van der Waals surface area contributed by atoms with Crippen molar-refractivity contribution in [2.75, 3.05) is 0 Å². The third-order valence-electron chi connectivity index (χ3n) is 5.95. The fourth-order valence-electron chi connectivity index (χ4n) is 4.07. The number of hydrogen-bond acceptors (Lipinski definition) is 4. The second-order valence-electron chi connectivity index (χ2n) is 8.29. The lowest BCUT2D eigenvalue weighted by Crippen LogP contribution is -2.45. The number of benzene rings is 3. The Morgan fingerprint density at radius 2 is 1.68 bits per heavy atom. The highest BCUT2D eigenvalue weighted by Gasteiger charge is 2.34. The average Bonchev–Trinajstić information content (AvgIpc) is 3.33. The predicted octanol–water partition coefficient (Wildman–Crippen LogP) is 6.56. The van der Waals surface area contributed by atoms with Gasteiger partial charge in [-0.15, -0.1) is 0 Å². The number of hydrogen-bond donors (Lipinski definition) is 1. The Balaban J connectivity index is 1.59. The molecule has 0 amide bonds. The van der Waals surface area contributed by atoms with Gasteiger partial charge in [0.05, 0.1) is 11.6 Å². The summed E-state index contributed by atoms with van der Waals surface area (Å²) in [7, 11) is 0. The molecule has 0 saturated carbocycles. The van der Waals surface area contributed by atoms with Crippen LogP contribution in [0.25, 0.3) is 17.0 Å². The van der Waals surface area contributed by atoms with Crippen molar-refractivity contribution in [2.45, 2.75) is 26.4 Å². The van der Waals surface area contributed by atoms with E-state index in [0.29, 0.717) is 28.4 Å². The molecule has 5 nitrogen and oxygen atoms in total. The Hall–Kier alpha value is -3.48. The molecule has 34 heavy (non-hydrogen) atoms. The minimum absolute atomic E-state index is 0.247. The Morgan fingerprint density at radius 3 is 2.38 bits per heavy atom. The highest BCUT2D eigenvalue weighted by molar-refractivity contribution is 7.80. The quantitative estimate of drug-likeness (QED) is 0.322. The van der Waals surface area contributed by atoms with Crippen molar-refractivity contribution in [1.82, 2.24) is 20.4 Å². The Labute approximate surface area is 209 Å². The van der Waals surface area contributed by atoms with Crippen LogP contribution in [0.2, 0.25) is 5.02 Å². The molecule has 0 bridgehead atoms. The highest BCUT2D eigenvalue weighted by atomic mass is 35.5. The zero-order chi connectivity index (χ0) is 23.7. The van der Waals surface area contributed by atoms with Gasteiger partial charge in [-0.2, -0.15) is 4.98 Å². The van der Waals surface area contributed by atoms with Crippen molar-refractivity contribution in [1.29, 1.82) is 0 Å². The first-order valence-corrected chi connectivity index (χ1v) is 11.8. The fourth-order valence-corrected chi connectivity index (χ4v) is 4.51. The van der Waals surface area contributed by atoms with E-state index in [-0.39, 0.29) is 6.04 Å². The van der Waals surface area contributed by atoms with Crippen molar-refractivity contribution in [3.05, 3.63) is 112 Å². The smallest absolute Gasteiger partial charge is 0.258 e. The maximum atomic E-state index is 6.15. The second kappa shape index (κ2) is 9.41. The number of nitrogens with one attached hydrogen (secondary N) is 1. The normalized spacial score (nSPS) is 16.0. The van der Waals surface area contributed by atoms with Crippen LogP contribution in [-0.4, -0.2) is 20.2 Å². The van der Waals surface area contributed by atoms with E-state index in [9.17, 15) is 0 Å². The Kier molecular flexibility index (Phi) is 6.18. The first-order valence-electron chi connectivity index (χ1n) is 11.0. The largest absolute Gasteiger partial charge is 0.351 e. The molecule has 1 unspecified atom stereocenters. The third-order valence-corrected chi connectivity index (χ3v) is 6.54. The summed E-state index contributed by atoms with van der Waals surface area (Å²) < 4.78 is 5.80. The third kappa shape index (κ3) is 4.47. The van der Waals surface area contributed by atoms with Gasteiger partial charge in [-0.25, -0.2) is 0 Å². The fraction of sp³-hybridized carbons (Fsp3) is 0.148. The van der Waals surface area contributed by atoms with Gasteiger partial charge in [-0.1, -0.05) is 89.1 Å². The van der Waals surface area contributed by atoms with Crippen molar-refractivity contribution < 1.29 is 4.52 Å². The summed E-state index contributed by atoms with van der Waals surface area (Å²) in [5.74, 6) is 1.00. The van der Waals surface area contributed by atoms with E-state index in [1.54, 1.807) is 0 Å². The lowest BCUT2D eigenvalue weighted by molar-refractivity contribution is 0.396. The van der Waals surface area contributed by atoms with Gasteiger partial charge in [-0.05, 0) is 49.3 Å². The molecule has 2 heterocycles. The molecule has 0 aliphatic carbocycles. The number of rotatable bonds is 5. The molecule has 170 valence electrons. The lowest BCUT2D eigenvalue weighted by atomic mass is 9.94. The number of aromatic nitrogens is 2. The van der Waals surface area contributed by atoms with E-state index in [1.807, 2.05) is 61.5 Å². The topological polar surface area (TPSA) is 54.2 Å². The molecule has 5 rings (SSSR count). The average molecular weight is 487 g/mol. The van der Waals surface area contributed by atoms with Crippen molar-refractivity contribution in [3.8, 4) is 11.4 Å². The number of halogens is 1. The van der Waals surface area contributed by atoms with Gasteiger partial charge in [-0.3, -0.25) is 0 Å². The van der Waals surface area contributed by atoms with Crippen LogP contribution in [0.1, 0.15) is 35.5 Å². The number of allylic oxidation sites excluding steroid dienone is 1. The molecule has 0 fully saturated rings. The maximum absolute atomic E-state index is 6.15. The van der Waals surface area contributed by atoms with E-state index >= 15 is 0 Å². The van der Waals surface area contributed by atoms with Crippen LogP contribution in [0.5, 0.6) is 0 Å². The molecular weight excluding hydrogens is 464 g/mol. The monoisotopic (exact) mass is 486 g/mol. The van der Waals surface area contributed by atoms with Crippen LogP contribution in [0.3, 0.4) is 0 Å². The van der Waals surface area contributed by atoms with Crippen LogP contribution in [0.15, 0.2) is 89.1 Å². The number of thiocarbonyl (C=S) groups is 1. The van der Waals surface area contributed by atoms with Gasteiger partial charge in [0.2, 0.25) is 5.82 Å². The van der Waals surface area contributed by atoms with Gasteiger partial charge in [0.15, 0.2) is 5.11 Å². The van der Waals surface area contributed by atoms with E-state index in [4.69, 9.17) is 33.3 Å². The van der Waals surface area contributed by atoms with E-state index < -0.39 is 0 Å². The molecular formula is C27H23ClN4OS.